The first-order valence-corrected chi connectivity index (χ1v) is 14.6. The predicted octanol–water partition coefficient (Wildman–Crippen LogP) is 8.10. The van der Waals surface area contributed by atoms with Gasteiger partial charge in [-0.2, -0.15) is 0 Å². The van der Waals surface area contributed by atoms with E-state index in [1.165, 1.54) is 121 Å². The van der Waals surface area contributed by atoms with Crippen molar-refractivity contribution in [1.29, 1.82) is 0 Å². The average Bonchev–Trinajstić information content (AvgIpc) is 3.25. The van der Waals surface area contributed by atoms with Gasteiger partial charge < -0.3 is 9.47 Å². The lowest BCUT2D eigenvalue weighted by Gasteiger charge is -2.41. The van der Waals surface area contributed by atoms with Gasteiger partial charge in [-0.3, -0.25) is 0 Å². The number of rotatable bonds is 12. The van der Waals surface area contributed by atoms with Gasteiger partial charge in [0.1, 0.15) is 6.10 Å². The zero-order valence-electron chi connectivity index (χ0n) is 21.2. The second-order valence-corrected chi connectivity index (χ2v) is 11.6. The first-order valence-electron chi connectivity index (χ1n) is 14.6. The Morgan fingerprint density at radius 2 is 1.56 bits per heavy atom. The fraction of sp³-hybridized carbons (Fsp3) is 0.966. The number of ether oxygens (including phenoxy) is 2. The molecule has 0 aromatic rings. The quantitative estimate of drug-likeness (QED) is 0.284. The molecule has 0 saturated heterocycles. The maximum atomic E-state index is 6.51. The summed E-state index contributed by atoms with van der Waals surface area (Å²) in [6.45, 7) is 5.57. The average molecular weight is 446 g/mol. The van der Waals surface area contributed by atoms with Gasteiger partial charge in [0.15, 0.2) is 5.90 Å². The van der Waals surface area contributed by atoms with E-state index in [9.17, 15) is 0 Å². The van der Waals surface area contributed by atoms with Crippen LogP contribution in [0.15, 0.2) is 4.99 Å². The summed E-state index contributed by atoms with van der Waals surface area (Å²) in [7, 11) is 0. The maximum absolute atomic E-state index is 6.51. The summed E-state index contributed by atoms with van der Waals surface area (Å²) in [6.07, 6.45) is 25.0. The molecule has 0 radical (unpaired) electrons. The second-order valence-electron chi connectivity index (χ2n) is 11.6. The van der Waals surface area contributed by atoms with Crippen LogP contribution in [0.5, 0.6) is 0 Å². The van der Waals surface area contributed by atoms with E-state index in [2.05, 4.69) is 13.8 Å². The van der Waals surface area contributed by atoms with E-state index >= 15 is 0 Å². The lowest BCUT2D eigenvalue weighted by Crippen LogP contribution is -2.36. The minimum atomic E-state index is 0.409. The van der Waals surface area contributed by atoms with E-state index in [-0.39, 0.29) is 0 Å². The highest BCUT2D eigenvalue weighted by Crippen LogP contribution is 2.45. The molecule has 3 nitrogen and oxygen atoms in total. The van der Waals surface area contributed by atoms with Crippen molar-refractivity contribution in [2.24, 2.45) is 28.7 Å². The monoisotopic (exact) mass is 445 g/mol. The smallest absolute Gasteiger partial charge is 0.187 e. The lowest BCUT2D eigenvalue weighted by atomic mass is 9.67. The molecule has 1 heterocycles. The molecule has 3 aliphatic carbocycles. The van der Waals surface area contributed by atoms with Gasteiger partial charge in [0.25, 0.3) is 0 Å². The van der Waals surface area contributed by atoms with Gasteiger partial charge in [0.2, 0.25) is 0 Å². The molecule has 3 heteroatoms. The van der Waals surface area contributed by atoms with Gasteiger partial charge in [-0.05, 0) is 82.0 Å². The molecule has 0 bridgehead atoms. The minimum Gasteiger partial charge on any atom is -0.475 e. The lowest BCUT2D eigenvalue weighted by molar-refractivity contribution is -0.0181. The number of nitrogens with zero attached hydrogens (tertiary/aromatic N) is 1. The number of aliphatic imine (C=N–C) groups is 1. The summed E-state index contributed by atoms with van der Waals surface area (Å²) in [5.74, 6) is 4.44. The van der Waals surface area contributed by atoms with Crippen LogP contribution in [0.2, 0.25) is 0 Å². The van der Waals surface area contributed by atoms with Crippen molar-refractivity contribution in [3.8, 4) is 0 Å². The van der Waals surface area contributed by atoms with Gasteiger partial charge in [-0.1, -0.05) is 65.2 Å². The number of hydrogen-bond acceptors (Lipinski definition) is 3. The van der Waals surface area contributed by atoms with Crippen LogP contribution in [0, 0.1) is 23.7 Å². The first kappa shape index (κ1) is 24.6. The molecule has 0 amide bonds. The number of hydrogen-bond donors (Lipinski definition) is 0. The summed E-state index contributed by atoms with van der Waals surface area (Å²) in [6, 6.07) is 0.476. The Hall–Kier alpha value is -0.570. The third kappa shape index (κ3) is 6.73. The van der Waals surface area contributed by atoms with Crippen LogP contribution in [0.4, 0.5) is 0 Å². The Balaban J connectivity index is 1.18. The molecule has 7 atom stereocenters. The van der Waals surface area contributed by atoms with Gasteiger partial charge in [-0.25, -0.2) is 4.99 Å². The molecule has 0 N–H and O–H groups in total. The molecule has 7 unspecified atom stereocenters. The molecule has 3 saturated carbocycles. The van der Waals surface area contributed by atoms with Crippen molar-refractivity contribution >= 4 is 5.90 Å². The largest absolute Gasteiger partial charge is 0.475 e. The first-order chi connectivity index (χ1) is 15.8. The van der Waals surface area contributed by atoms with Crippen molar-refractivity contribution in [2.75, 3.05) is 6.61 Å². The third-order valence-corrected chi connectivity index (χ3v) is 9.16. The van der Waals surface area contributed by atoms with Crippen molar-refractivity contribution in [3.63, 3.8) is 0 Å². The minimum absolute atomic E-state index is 0.409. The van der Waals surface area contributed by atoms with Crippen LogP contribution in [-0.4, -0.2) is 30.8 Å². The van der Waals surface area contributed by atoms with Gasteiger partial charge in [-0.15, -0.1) is 0 Å². The fourth-order valence-electron chi connectivity index (χ4n) is 7.15. The summed E-state index contributed by atoms with van der Waals surface area (Å²) in [5, 5.41) is 0. The zero-order valence-corrected chi connectivity index (χ0v) is 21.2. The Labute approximate surface area is 198 Å². The van der Waals surface area contributed by atoms with Crippen molar-refractivity contribution in [1.82, 2.24) is 0 Å². The second kappa shape index (κ2) is 12.8. The Morgan fingerprint density at radius 1 is 0.781 bits per heavy atom. The van der Waals surface area contributed by atoms with E-state index in [1.807, 2.05) is 0 Å². The Bertz CT molecular complexity index is 576. The molecule has 0 spiro atoms. The molecular weight excluding hydrogens is 394 g/mol. The van der Waals surface area contributed by atoms with Crippen molar-refractivity contribution in [2.45, 2.75) is 148 Å². The van der Waals surface area contributed by atoms with Crippen LogP contribution in [0.25, 0.3) is 0 Å². The highest BCUT2D eigenvalue weighted by molar-refractivity contribution is 5.80. The van der Waals surface area contributed by atoms with Crippen molar-refractivity contribution < 1.29 is 9.47 Å². The van der Waals surface area contributed by atoms with Gasteiger partial charge in [0, 0.05) is 12.5 Å². The summed E-state index contributed by atoms with van der Waals surface area (Å²) in [4.78, 5) is 5.22. The predicted molar refractivity (Wildman–Crippen MR) is 134 cm³/mol. The fourth-order valence-corrected chi connectivity index (χ4v) is 7.15. The van der Waals surface area contributed by atoms with E-state index in [1.54, 1.807) is 0 Å². The summed E-state index contributed by atoms with van der Waals surface area (Å²) >= 11 is 0. The molecule has 3 fully saturated rings. The van der Waals surface area contributed by atoms with Crippen LogP contribution >= 0.6 is 0 Å². The van der Waals surface area contributed by atoms with Crippen LogP contribution in [0.1, 0.15) is 129 Å². The molecule has 0 aromatic heterocycles. The Morgan fingerprint density at radius 3 is 2.41 bits per heavy atom. The van der Waals surface area contributed by atoms with Crippen LogP contribution in [0.3, 0.4) is 0 Å². The van der Waals surface area contributed by atoms with Gasteiger partial charge in [0.05, 0.1) is 12.1 Å². The molecule has 4 rings (SSSR count). The normalized spacial score (nSPS) is 36.8. The molecule has 0 aromatic carbocycles. The number of unbranched alkanes of at least 4 members (excludes halogenated alkanes) is 6. The Kier molecular flexibility index (Phi) is 9.80. The molecule has 32 heavy (non-hydrogen) atoms. The van der Waals surface area contributed by atoms with Gasteiger partial charge >= 0.3 is 0 Å². The SMILES string of the molecule is CCCCCCOC1CCC2CC(C3=NC4CC(CCCCCC)CCC4O3)CCC2C1. The van der Waals surface area contributed by atoms with E-state index in [4.69, 9.17) is 14.5 Å². The van der Waals surface area contributed by atoms with Crippen LogP contribution in [-0.2, 0) is 9.47 Å². The van der Waals surface area contributed by atoms with Crippen molar-refractivity contribution in [3.05, 3.63) is 0 Å². The molecular formula is C29H51NO2. The standard InChI is InChI=1S/C29H51NO2/c1-3-5-7-9-11-22-12-17-28-27(19-22)30-29(32-28)25-14-13-24-21-26(16-15-23(24)20-25)31-18-10-8-6-4-2/h22-28H,3-21H2,1-2H3. The van der Waals surface area contributed by atoms with E-state index < -0.39 is 0 Å². The molecule has 4 aliphatic rings. The highest BCUT2D eigenvalue weighted by Gasteiger charge is 2.42. The zero-order chi connectivity index (χ0) is 22.2. The highest BCUT2D eigenvalue weighted by atomic mass is 16.5. The number of fused-ring (bicyclic) bond motifs is 2. The van der Waals surface area contributed by atoms with E-state index in [0.29, 0.717) is 24.2 Å². The maximum Gasteiger partial charge on any atom is 0.187 e. The summed E-state index contributed by atoms with van der Waals surface area (Å²) in [5.41, 5.74) is 0. The molecule has 1 aliphatic heterocycles. The third-order valence-electron chi connectivity index (χ3n) is 9.16. The summed E-state index contributed by atoms with van der Waals surface area (Å²) < 4.78 is 12.8. The molecule has 184 valence electrons. The topological polar surface area (TPSA) is 30.8 Å². The van der Waals surface area contributed by atoms with Crippen LogP contribution < -0.4 is 0 Å². The van der Waals surface area contributed by atoms with E-state index in [0.717, 1.165) is 24.4 Å².